The zero-order chi connectivity index (χ0) is 14.4. The fourth-order valence-corrected chi connectivity index (χ4v) is 3.39. The van der Waals surface area contributed by atoms with Gasteiger partial charge < -0.3 is 10.2 Å². The van der Waals surface area contributed by atoms with Gasteiger partial charge in [0.05, 0.1) is 0 Å². The Morgan fingerprint density at radius 1 is 1.10 bits per heavy atom. The van der Waals surface area contributed by atoms with E-state index in [4.69, 9.17) is 0 Å². The van der Waals surface area contributed by atoms with E-state index in [0.29, 0.717) is 11.5 Å². The quantitative estimate of drug-likeness (QED) is 0.841. The third kappa shape index (κ3) is 4.24. The van der Waals surface area contributed by atoms with E-state index < -0.39 is 0 Å². The summed E-state index contributed by atoms with van der Waals surface area (Å²) in [6.07, 6.45) is 6.93. The van der Waals surface area contributed by atoms with Crippen molar-refractivity contribution in [3.05, 3.63) is 30.3 Å². The van der Waals surface area contributed by atoms with Gasteiger partial charge in [0.1, 0.15) is 0 Å². The van der Waals surface area contributed by atoms with Crippen molar-refractivity contribution < 1.29 is 0 Å². The minimum atomic E-state index is 0.451. The highest BCUT2D eigenvalue weighted by Crippen LogP contribution is 2.37. The van der Waals surface area contributed by atoms with Crippen LogP contribution in [0.2, 0.25) is 0 Å². The topological polar surface area (TPSA) is 15.3 Å². The van der Waals surface area contributed by atoms with Gasteiger partial charge in [0.25, 0.3) is 0 Å². The van der Waals surface area contributed by atoms with Crippen molar-refractivity contribution in [3.63, 3.8) is 0 Å². The molecule has 1 aliphatic rings. The van der Waals surface area contributed by atoms with Crippen molar-refractivity contribution >= 4 is 5.69 Å². The molecule has 0 unspecified atom stereocenters. The highest BCUT2D eigenvalue weighted by Gasteiger charge is 2.33. The standard InChI is InChI=1S/C18H30N2/c1-16(2)19-14-18(12-8-5-9-13-18)15-20(3)17-10-6-4-7-11-17/h4,6-7,10-11,16,19H,5,8-9,12-15H2,1-3H3. The number of hydrogen-bond donors (Lipinski definition) is 1. The van der Waals surface area contributed by atoms with E-state index >= 15 is 0 Å². The molecule has 0 amide bonds. The lowest BCUT2D eigenvalue weighted by atomic mass is 9.73. The summed E-state index contributed by atoms with van der Waals surface area (Å²) in [5, 5.41) is 3.69. The van der Waals surface area contributed by atoms with Crippen LogP contribution in [0.15, 0.2) is 30.3 Å². The lowest BCUT2D eigenvalue weighted by Gasteiger charge is -2.41. The zero-order valence-electron chi connectivity index (χ0n) is 13.4. The van der Waals surface area contributed by atoms with E-state index in [1.54, 1.807) is 0 Å². The smallest absolute Gasteiger partial charge is 0.0363 e. The molecule has 0 bridgehead atoms. The first-order chi connectivity index (χ1) is 9.61. The summed E-state index contributed by atoms with van der Waals surface area (Å²) >= 11 is 0. The molecule has 1 aliphatic carbocycles. The Hall–Kier alpha value is -1.02. The summed E-state index contributed by atoms with van der Waals surface area (Å²) in [6.45, 7) is 6.81. The summed E-state index contributed by atoms with van der Waals surface area (Å²) in [5.74, 6) is 0. The van der Waals surface area contributed by atoms with E-state index in [0.717, 1.165) is 13.1 Å². The summed E-state index contributed by atoms with van der Waals surface area (Å²) in [5.41, 5.74) is 1.79. The van der Waals surface area contributed by atoms with Gasteiger partial charge in [-0.1, -0.05) is 51.3 Å². The molecule has 112 valence electrons. The van der Waals surface area contributed by atoms with Crippen LogP contribution in [-0.2, 0) is 0 Å². The molecule has 0 saturated heterocycles. The third-order valence-corrected chi connectivity index (χ3v) is 4.57. The molecule has 1 fully saturated rings. The fraction of sp³-hybridized carbons (Fsp3) is 0.667. The Morgan fingerprint density at radius 2 is 1.75 bits per heavy atom. The van der Waals surface area contributed by atoms with Crippen molar-refractivity contribution in [2.75, 3.05) is 25.0 Å². The molecule has 0 radical (unpaired) electrons. The number of nitrogens with one attached hydrogen (secondary N) is 1. The summed E-state index contributed by atoms with van der Waals surface area (Å²) in [4.78, 5) is 2.44. The van der Waals surface area contributed by atoms with Gasteiger partial charge in [0.15, 0.2) is 0 Å². The van der Waals surface area contributed by atoms with Gasteiger partial charge in [-0.15, -0.1) is 0 Å². The normalized spacial score (nSPS) is 18.2. The Labute approximate surface area is 124 Å². The Balaban J connectivity index is 2.03. The summed E-state index contributed by atoms with van der Waals surface area (Å²) in [6, 6.07) is 11.4. The molecule has 0 aromatic heterocycles. The fourth-order valence-electron chi connectivity index (χ4n) is 3.39. The second-order valence-electron chi connectivity index (χ2n) is 6.79. The molecule has 2 heteroatoms. The average Bonchev–Trinajstić information content (AvgIpc) is 2.47. The van der Waals surface area contributed by atoms with Crippen LogP contribution in [0.4, 0.5) is 5.69 Å². The zero-order valence-corrected chi connectivity index (χ0v) is 13.4. The SMILES string of the molecule is CC(C)NCC1(CN(C)c2ccccc2)CCCCC1. The number of anilines is 1. The van der Waals surface area contributed by atoms with Gasteiger partial charge in [-0.05, 0) is 25.0 Å². The first-order valence-corrected chi connectivity index (χ1v) is 8.11. The van der Waals surface area contributed by atoms with E-state index in [1.165, 1.54) is 37.8 Å². The summed E-state index contributed by atoms with van der Waals surface area (Å²) < 4.78 is 0. The highest BCUT2D eigenvalue weighted by molar-refractivity contribution is 5.45. The molecule has 20 heavy (non-hydrogen) atoms. The number of nitrogens with zero attached hydrogens (tertiary/aromatic N) is 1. The maximum absolute atomic E-state index is 3.69. The second-order valence-corrected chi connectivity index (χ2v) is 6.79. The van der Waals surface area contributed by atoms with Crippen LogP contribution < -0.4 is 10.2 Å². The molecular formula is C18H30N2. The molecule has 1 N–H and O–H groups in total. The third-order valence-electron chi connectivity index (χ3n) is 4.57. The molecular weight excluding hydrogens is 244 g/mol. The van der Waals surface area contributed by atoms with Crippen LogP contribution in [0.1, 0.15) is 46.0 Å². The Morgan fingerprint density at radius 3 is 2.35 bits per heavy atom. The van der Waals surface area contributed by atoms with Gasteiger partial charge in [-0.3, -0.25) is 0 Å². The van der Waals surface area contributed by atoms with Crippen LogP contribution in [-0.4, -0.2) is 26.2 Å². The predicted molar refractivity (Wildman–Crippen MR) is 88.4 cm³/mol. The van der Waals surface area contributed by atoms with E-state index in [1.807, 2.05) is 0 Å². The van der Waals surface area contributed by atoms with Gasteiger partial charge >= 0.3 is 0 Å². The van der Waals surface area contributed by atoms with Crippen molar-refractivity contribution in [2.24, 2.45) is 5.41 Å². The van der Waals surface area contributed by atoms with Crippen molar-refractivity contribution in [1.82, 2.24) is 5.32 Å². The highest BCUT2D eigenvalue weighted by atomic mass is 15.1. The van der Waals surface area contributed by atoms with Crippen LogP contribution >= 0.6 is 0 Å². The average molecular weight is 274 g/mol. The van der Waals surface area contributed by atoms with Crippen molar-refractivity contribution in [2.45, 2.75) is 52.0 Å². The van der Waals surface area contributed by atoms with Crippen LogP contribution in [0.5, 0.6) is 0 Å². The van der Waals surface area contributed by atoms with Crippen molar-refractivity contribution in [3.8, 4) is 0 Å². The number of rotatable bonds is 6. The largest absolute Gasteiger partial charge is 0.374 e. The molecule has 1 aromatic rings. The molecule has 1 saturated carbocycles. The van der Waals surface area contributed by atoms with Crippen LogP contribution in [0.25, 0.3) is 0 Å². The number of para-hydroxylation sites is 1. The van der Waals surface area contributed by atoms with E-state index in [-0.39, 0.29) is 0 Å². The Kier molecular flexibility index (Phi) is 5.47. The number of benzene rings is 1. The lowest BCUT2D eigenvalue weighted by Crippen LogP contribution is -2.46. The Bertz CT molecular complexity index is 380. The molecule has 2 nitrogen and oxygen atoms in total. The number of hydrogen-bond acceptors (Lipinski definition) is 2. The van der Waals surface area contributed by atoms with E-state index in [2.05, 4.69) is 61.4 Å². The minimum absolute atomic E-state index is 0.451. The maximum atomic E-state index is 3.69. The van der Waals surface area contributed by atoms with Gasteiger partial charge in [0.2, 0.25) is 0 Å². The molecule has 0 spiro atoms. The van der Waals surface area contributed by atoms with Gasteiger partial charge in [-0.2, -0.15) is 0 Å². The molecule has 2 rings (SSSR count). The first kappa shape index (κ1) is 15.4. The molecule has 0 heterocycles. The van der Waals surface area contributed by atoms with Crippen LogP contribution in [0.3, 0.4) is 0 Å². The van der Waals surface area contributed by atoms with Gasteiger partial charge in [-0.25, -0.2) is 0 Å². The molecule has 0 aliphatic heterocycles. The van der Waals surface area contributed by atoms with Crippen molar-refractivity contribution in [1.29, 1.82) is 0 Å². The molecule has 0 atom stereocenters. The summed E-state index contributed by atoms with van der Waals surface area (Å²) in [7, 11) is 2.24. The van der Waals surface area contributed by atoms with Crippen LogP contribution in [0, 0.1) is 5.41 Å². The van der Waals surface area contributed by atoms with E-state index in [9.17, 15) is 0 Å². The first-order valence-electron chi connectivity index (χ1n) is 8.11. The predicted octanol–water partition coefficient (Wildman–Crippen LogP) is 4.07. The lowest BCUT2D eigenvalue weighted by molar-refractivity contribution is 0.185. The molecule has 1 aromatic carbocycles. The minimum Gasteiger partial charge on any atom is -0.374 e. The monoisotopic (exact) mass is 274 g/mol. The second kappa shape index (κ2) is 7.12. The maximum Gasteiger partial charge on any atom is 0.0363 e. The van der Waals surface area contributed by atoms with Gasteiger partial charge in [0, 0.05) is 37.3 Å².